The maximum atomic E-state index is 2.72. The van der Waals surface area contributed by atoms with E-state index in [0.717, 1.165) is 13.0 Å². The fourth-order valence-corrected chi connectivity index (χ4v) is 5.32. The molecule has 4 rings (SSSR count). The lowest BCUT2D eigenvalue weighted by atomic mass is 9.83. The van der Waals surface area contributed by atoms with Crippen LogP contribution in [0.5, 0.6) is 0 Å². The number of nitrogens with zero attached hydrogens (tertiary/aromatic N) is 1. The van der Waals surface area contributed by atoms with E-state index in [4.69, 9.17) is 0 Å². The molecule has 110 valence electrons. The fraction of sp³-hybridized carbons (Fsp3) is 0.474. The van der Waals surface area contributed by atoms with E-state index >= 15 is 0 Å². The molecule has 0 aliphatic carbocycles. The zero-order valence-corrected chi connectivity index (χ0v) is 14.0. The highest BCUT2D eigenvalue weighted by Gasteiger charge is 2.33. The van der Waals surface area contributed by atoms with E-state index in [1.807, 2.05) is 11.3 Å². The number of rotatable bonds is 1. The van der Waals surface area contributed by atoms with Gasteiger partial charge in [-0.3, -0.25) is 4.90 Å². The van der Waals surface area contributed by atoms with Crippen molar-refractivity contribution in [2.24, 2.45) is 0 Å². The normalized spacial score (nSPS) is 20.8. The zero-order chi connectivity index (χ0) is 14.6. The van der Waals surface area contributed by atoms with Crippen LogP contribution in [-0.4, -0.2) is 11.4 Å². The second kappa shape index (κ2) is 4.96. The molecule has 2 aliphatic heterocycles. The van der Waals surface area contributed by atoms with Crippen molar-refractivity contribution in [3.8, 4) is 0 Å². The van der Waals surface area contributed by atoms with E-state index in [1.165, 1.54) is 29.8 Å². The predicted octanol–water partition coefficient (Wildman–Crippen LogP) is 4.58. The Morgan fingerprint density at radius 1 is 1.29 bits per heavy atom. The summed E-state index contributed by atoms with van der Waals surface area (Å²) in [5.41, 5.74) is 7.91. The molecule has 2 heteroatoms. The summed E-state index contributed by atoms with van der Waals surface area (Å²) >= 11 is 2.01. The van der Waals surface area contributed by atoms with Gasteiger partial charge in [0.1, 0.15) is 0 Å². The summed E-state index contributed by atoms with van der Waals surface area (Å²) in [4.78, 5) is 5.83. The van der Waals surface area contributed by atoms with Crippen LogP contribution in [0.15, 0.2) is 18.2 Å². The molecule has 2 aliphatic rings. The van der Waals surface area contributed by atoms with Crippen LogP contribution < -0.4 is 0 Å². The Balaban J connectivity index is 1.78. The molecule has 0 saturated heterocycles. The van der Waals surface area contributed by atoms with Gasteiger partial charge in [0.05, 0.1) is 0 Å². The summed E-state index contributed by atoms with van der Waals surface area (Å²) in [6.07, 6.45) is 3.61. The smallest absolute Gasteiger partial charge is 0.0403 e. The van der Waals surface area contributed by atoms with E-state index in [0.29, 0.717) is 6.04 Å². The van der Waals surface area contributed by atoms with E-state index < -0.39 is 0 Å². The SMILES string of the molecule is CCc1c(C)ccc2c1CN1CCc3sc(C)cc3C1C2. The van der Waals surface area contributed by atoms with Gasteiger partial charge in [-0.25, -0.2) is 0 Å². The first kappa shape index (κ1) is 13.5. The minimum absolute atomic E-state index is 0.624. The predicted molar refractivity (Wildman–Crippen MR) is 90.2 cm³/mol. The molecule has 0 N–H and O–H groups in total. The van der Waals surface area contributed by atoms with Crippen molar-refractivity contribution >= 4 is 11.3 Å². The topological polar surface area (TPSA) is 3.24 Å². The second-order valence-electron chi connectivity index (χ2n) is 6.53. The molecular formula is C19H23NS. The molecule has 1 nitrogen and oxygen atoms in total. The van der Waals surface area contributed by atoms with Crippen LogP contribution in [0.4, 0.5) is 0 Å². The van der Waals surface area contributed by atoms with Gasteiger partial charge in [-0.15, -0.1) is 11.3 Å². The number of aryl methyl sites for hydroxylation is 2. The molecule has 1 aromatic heterocycles. The lowest BCUT2D eigenvalue weighted by Crippen LogP contribution is -2.39. The van der Waals surface area contributed by atoms with Crippen LogP contribution in [-0.2, 0) is 25.8 Å². The van der Waals surface area contributed by atoms with Gasteiger partial charge in [0, 0.05) is 28.9 Å². The molecule has 0 fully saturated rings. The summed E-state index contributed by atoms with van der Waals surface area (Å²) < 4.78 is 0. The zero-order valence-electron chi connectivity index (χ0n) is 13.2. The number of fused-ring (bicyclic) bond motifs is 4. The second-order valence-corrected chi connectivity index (χ2v) is 7.87. The van der Waals surface area contributed by atoms with Crippen molar-refractivity contribution in [2.75, 3.05) is 6.54 Å². The van der Waals surface area contributed by atoms with Gasteiger partial charge in [-0.2, -0.15) is 0 Å². The summed E-state index contributed by atoms with van der Waals surface area (Å²) in [6, 6.07) is 7.78. The van der Waals surface area contributed by atoms with Gasteiger partial charge < -0.3 is 0 Å². The largest absolute Gasteiger partial charge is 0.291 e. The molecule has 21 heavy (non-hydrogen) atoms. The third kappa shape index (κ3) is 2.08. The van der Waals surface area contributed by atoms with Crippen molar-refractivity contribution in [3.05, 3.63) is 55.8 Å². The van der Waals surface area contributed by atoms with Crippen molar-refractivity contribution in [1.29, 1.82) is 0 Å². The summed E-state index contributed by atoms with van der Waals surface area (Å²) in [5, 5.41) is 0. The number of thiophene rings is 1. The summed E-state index contributed by atoms with van der Waals surface area (Å²) in [5.74, 6) is 0. The number of hydrogen-bond acceptors (Lipinski definition) is 2. The molecule has 2 aromatic rings. The summed E-state index contributed by atoms with van der Waals surface area (Å²) in [7, 11) is 0. The molecule has 0 saturated carbocycles. The molecule has 0 amide bonds. The summed E-state index contributed by atoms with van der Waals surface area (Å²) in [6.45, 7) is 9.20. The Labute approximate surface area is 131 Å². The van der Waals surface area contributed by atoms with Crippen molar-refractivity contribution < 1.29 is 0 Å². The average Bonchev–Trinajstić information content (AvgIpc) is 2.86. The Hall–Kier alpha value is -1.12. The Bertz CT molecular complexity index is 698. The fourth-order valence-electron chi connectivity index (χ4n) is 4.24. The van der Waals surface area contributed by atoms with E-state index in [1.54, 1.807) is 27.1 Å². The van der Waals surface area contributed by atoms with Gasteiger partial charge in [0.2, 0.25) is 0 Å². The standard InChI is InChI=1S/C19H23NS/c1-4-15-12(2)5-6-14-10-18-16-9-13(3)21-19(16)7-8-20(18)11-17(14)15/h5-6,9,18H,4,7-8,10-11H2,1-3H3. The van der Waals surface area contributed by atoms with Gasteiger partial charge in [-0.05, 0) is 67.0 Å². The van der Waals surface area contributed by atoms with Crippen LogP contribution in [0.25, 0.3) is 0 Å². The van der Waals surface area contributed by atoms with E-state index in [2.05, 4.69) is 43.9 Å². The quantitative estimate of drug-likeness (QED) is 0.744. The van der Waals surface area contributed by atoms with E-state index in [-0.39, 0.29) is 0 Å². The molecule has 3 heterocycles. The molecule has 0 spiro atoms. The highest BCUT2D eigenvalue weighted by Crippen LogP contribution is 2.42. The number of benzene rings is 1. The molecule has 1 atom stereocenters. The monoisotopic (exact) mass is 297 g/mol. The lowest BCUT2D eigenvalue weighted by Gasteiger charge is -2.41. The maximum Gasteiger partial charge on any atom is 0.0403 e. The van der Waals surface area contributed by atoms with Gasteiger partial charge in [0.25, 0.3) is 0 Å². The van der Waals surface area contributed by atoms with Crippen LogP contribution in [0.1, 0.15) is 50.5 Å². The maximum absolute atomic E-state index is 2.72. The van der Waals surface area contributed by atoms with Gasteiger partial charge >= 0.3 is 0 Å². The molecule has 1 aromatic carbocycles. The van der Waals surface area contributed by atoms with Crippen LogP contribution in [0, 0.1) is 13.8 Å². The Morgan fingerprint density at radius 3 is 2.95 bits per heavy atom. The Morgan fingerprint density at radius 2 is 2.14 bits per heavy atom. The first-order valence-electron chi connectivity index (χ1n) is 8.11. The minimum atomic E-state index is 0.624. The molecular weight excluding hydrogens is 274 g/mol. The van der Waals surface area contributed by atoms with Crippen molar-refractivity contribution in [2.45, 2.75) is 52.6 Å². The highest BCUT2D eigenvalue weighted by atomic mass is 32.1. The lowest BCUT2D eigenvalue weighted by molar-refractivity contribution is 0.162. The van der Waals surface area contributed by atoms with Crippen LogP contribution >= 0.6 is 11.3 Å². The minimum Gasteiger partial charge on any atom is -0.291 e. The number of hydrogen-bond donors (Lipinski definition) is 0. The first-order valence-corrected chi connectivity index (χ1v) is 8.92. The van der Waals surface area contributed by atoms with E-state index in [9.17, 15) is 0 Å². The molecule has 1 unspecified atom stereocenters. The highest BCUT2D eigenvalue weighted by molar-refractivity contribution is 7.12. The van der Waals surface area contributed by atoms with Crippen molar-refractivity contribution in [3.63, 3.8) is 0 Å². The first-order chi connectivity index (χ1) is 10.2. The average molecular weight is 297 g/mol. The molecule has 0 bridgehead atoms. The van der Waals surface area contributed by atoms with Gasteiger partial charge in [0.15, 0.2) is 0 Å². The van der Waals surface area contributed by atoms with Crippen LogP contribution in [0.2, 0.25) is 0 Å². The third-order valence-corrected chi connectivity index (χ3v) is 6.41. The van der Waals surface area contributed by atoms with Gasteiger partial charge in [-0.1, -0.05) is 19.1 Å². The van der Waals surface area contributed by atoms with Crippen LogP contribution in [0.3, 0.4) is 0 Å². The van der Waals surface area contributed by atoms with Crippen molar-refractivity contribution in [1.82, 2.24) is 4.90 Å². The third-order valence-electron chi connectivity index (χ3n) is 5.28. The molecule has 0 radical (unpaired) electrons. The Kier molecular flexibility index (Phi) is 3.20.